The lowest BCUT2D eigenvalue weighted by atomic mass is 10.2. The summed E-state index contributed by atoms with van der Waals surface area (Å²) in [7, 11) is 0. The second kappa shape index (κ2) is 4.42. The number of anilines is 1. The molecule has 1 N–H and O–H groups in total. The molecule has 1 aromatic rings. The monoisotopic (exact) mass is 231 g/mol. The van der Waals surface area contributed by atoms with Crippen molar-refractivity contribution in [3.05, 3.63) is 23.4 Å². The molecule has 17 heavy (non-hydrogen) atoms. The lowest BCUT2D eigenvalue weighted by molar-refractivity contribution is -0.135. The maximum absolute atomic E-state index is 10.8. The van der Waals surface area contributed by atoms with E-state index >= 15 is 0 Å². The smallest absolute Gasteiger partial charge is 0.323 e. The molecule has 0 saturated heterocycles. The molecule has 2 rings (SSSR count). The van der Waals surface area contributed by atoms with Gasteiger partial charge in [-0.25, -0.2) is 4.98 Å². The highest BCUT2D eigenvalue weighted by atomic mass is 16.4. The summed E-state index contributed by atoms with van der Waals surface area (Å²) in [6, 6.07) is 5.72. The van der Waals surface area contributed by atoms with E-state index in [1.165, 1.54) is 0 Å². The van der Waals surface area contributed by atoms with Crippen molar-refractivity contribution in [1.29, 1.82) is 5.26 Å². The maximum atomic E-state index is 10.8. The van der Waals surface area contributed by atoms with Crippen LogP contribution >= 0.6 is 0 Å². The Labute approximate surface area is 99.3 Å². The average Bonchev–Trinajstić information content (AvgIpc) is 3.09. The van der Waals surface area contributed by atoms with E-state index in [1.54, 1.807) is 17.0 Å². The zero-order chi connectivity index (χ0) is 12.4. The number of carboxylic acid groups (broad SMARTS) is 1. The van der Waals surface area contributed by atoms with Crippen LogP contribution in [-0.4, -0.2) is 28.6 Å². The van der Waals surface area contributed by atoms with E-state index in [2.05, 4.69) is 11.1 Å². The van der Waals surface area contributed by atoms with Gasteiger partial charge in [0.25, 0.3) is 0 Å². The van der Waals surface area contributed by atoms with Crippen molar-refractivity contribution >= 4 is 11.8 Å². The molecule has 1 aliphatic rings. The number of hydrogen-bond acceptors (Lipinski definition) is 4. The predicted molar refractivity (Wildman–Crippen MR) is 61.7 cm³/mol. The number of carbonyl (C=O) groups is 1. The molecule has 1 aliphatic carbocycles. The number of nitriles is 1. The lowest BCUT2D eigenvalue weighted by Crippen LogP contribution is -2.33. The standard InChI is InChI=1S/C12H13N3O2/c1-8-2-3-9(6-13)12(14-8)15(7-11(16)17)10-4-5-10/h2-3,10H,4-5,7H2,1H3,(H,16,17). The van der Waals surface area contributed by atoms with Gasteiger partial charge >= 0.3 is 5.97 Å². The summed E-state index contributed by atoms with van der Waals surface area (Å²) in [5, 5.41) is 17.9. The van der Waals surface area contributed by atoms with Gasteiger partial charge in [-0.3, -0.25) is 4.79 Å². The Morgan fingerprint density at radius 1 is 1.65 bits per heavy atom. The summed E-state index contributed by atoms with van der Waals surface area (Å²) in [6.07, 6.45) is 1.93. The third kappa shape index (κ3) is 2.53. The number of aliphatic carboxylic acids is 1. The lowest BCUT2D eigenvalue weighted by Gasteiger charge is -2.22. The summed E-state index contributed by atoms with van der Waals surface area (Å²) < 4.78 is 0. The topological polar surface area (TPSA) is 77.2 Å². The quantitative estimate of drug-likeness (QED) is 0.845. The van der Waals surface area contributed by atoms with Crippen molar-refractivity contribution in [3.63, 3.8) is 0 Å². The van der Waals surface area contributed by atoms with E-state index in [0.717, 1.165) is 18.5 Å². The van der Waals surface area contributed by atoms with Gasteiger partial charge in [-0.15, -0.1) is 0 Å². The second-order valence-electron chi connectivity index (χ2n) is 4.19. The highest BCUT2D eigenvalue weighted by Crippen LogP contribution is 2.32. The molecule has 0 aromatic carbocycles. The zero-order valence-electron chi connectivity index (χ0n) is 9.55. The fraction of sp³-hybridized carbons (Fsp3) is 0.417. The summed E-state index contributed by atoms with van der Waals surface area (Å²) in [5.41, 5.74) is 1.22. The predicted octanol–water partition coefficient (Wildman–Crippen LogP) is 1.32. The van der Waals surface area contributed by atoms with Crippen LogP contribution in [0.15, 0.2) is 12.1 Å². The Hall–Kier alpha value is -2.09. The minimum Gasteiger partial charge on any atom is -0.480 e. The average molecular weight is 231 g/mol. The molecule has 1 fully saturated rings. The van der Waals surface area contributed by atoms with E-state index in [9.17, 15) is 4.79 Å². The number of aromatic nitrogens is 1. The third-order valence-corrected chi connectivity index (χ3v) is 2.70. The SMILES string of the molecule is Cc1ccc(C#N)c(N(CC(=O)O)C2CC2)n1. The maximum Gasteiger partial charge on any atom is 0.323 e. The number of aryl methyl sites for hydroxylation is 1. The summed E-state index contributed by atoms with van der Waals surface area (Å²) >= 11 is 0. The van der Waals surface area contributed by atoms with E-state index < -0.39 is 5.97 Å². The largest absolute Gasteiger partial charge is 0.480 e. The van der Waals surface area contributed by atoms with Crippen molar-refractivity contribution in [2.75, 3.05) is 11.4 Å². The van der Waals surface area contributed by atoms with Gasteiger partial charge in [0.15, 0.2) is 0 Å². The molecule has 0 unspecified atom stereocenters. The molecule has 0 amide bonds. The number of rotatable bonds is 4. The first-order chi connectivity index (χ1) is 8.11. The van der Waals surface area contributed by atoms with E-state index in [1.807, 2.05) is 6.92 Å². The van der Waals surface area contributed by atoms with Crippen LogP contribution in [0.2, 0.25) is 0 Å². The summed E-state index contributed by atoms with van der Waals surface area (Å²) in [6.45, 7) is 1.73. The first-order valence-electron chi connectivity index (χ1n) is 5.48. The molecule has 0 spiro atoms. The molecule has 5 heteroatoms. The number of carboxylic acids is 1. The van der Waals surface area contributed by atoms with E-state index in [-0.39, 0.29) is 12.6 Å². The molecule has 5 nitrogen and oxygen atoms in total. The van der Waals surface area contributed by atoms with Crippen LogP contribution in [0.4, 0.5) is 5.82 Å². The van der Waals surface area contributed by atoms with Crippen molar-refractivity contribution in [1.82, 2.24) is 4.98 Å². The van der Waals surface area contributed by atoms with E-state index in [4.69, 9.17) is 10.4 Å². The fourth-order valence-corrected chi connectivity index (χ4v) is 1.76. The Morgan fingerprint density at radius 3 is 2.88 bits per heavy atom. The Kier molecular flexibility index (Phi) is 2.96. The molecule has 88 valence electrons. The van der Waals surface area contributed by atoms with Crippen molar-refractivity contribution < 1.29 is 9.90 Å². The Bertz CT molecular complexity index is 489. The van der Waals surface area contributed by atoms with Crippen molar-refractivity contribution in [2.45, 2.75) is 25.8 Å². The van der Waals surface area contributed by atoms with Gasteiger partial charge in [-0.1, -0.05) is 0 Å². The van der Waals surface area contributed by atoms with Crippen LogP contribution in [0.1, 0.15) is 24.1 Å². The van der Waals surface area contributed by atoms with Crippen molar-refractivity contribution in [3.8, 4) is 6.07 Å². The zero-order valence-corrected chi connectivity index (χ0v) is 9.55. The molecular weight excluding hydrogens is 218 g/mol. The molecule has 1 saturated carbocycles. The summed E-state index contributed by atoms with van der Waals surface area (Å²) in [4.78, 5) is 16.9. The van der Waals surface area contributed by atoms with E-state index in [0.29, 0.717) is 11.4 Å². The van der Waals surface area contributed by atoms with Gasteiger partial charge < -0.3 is 10.0 Å². The van der Waals surface area contributed by atoms with Gasteiger partial charge in [0.05, 0.1) is 5.56 Å². The Balaban J connectivity index is 2.37. The molecule has 0 atom stereocenters. The highest BCUT2D eigenvalue weighted by molar-refractivity contribution is 5.74. The van der Waals surface area contributed by atoms with Gasteiger partial charge in [0.2, 0.25) is 0 Å². The normalized spacial score (nSPS) is 14.1. The van der Waals surface area contributed by atoms with Crippen LogP contribution in [-0.2, 0) is 4.79 Å². The van der Waals surface area contributed by atoms with Crippen molar-refractivity contribution in [2.24, 2.45) is 0 Å². The number of hydrogen-bond donors (Lipinski definition) is 1. The molecule has 0 radical (unpaired) electrons. The number of pyridine rings is 1. The number of nitrogens with zero attached hydrogens (tertiary/aromatic N) is 3. The minimum atomic E-state index is -0.899. The minimum absolute atomic E-state index is 0.101. The molecule has 0 bridgehead atoms. The third-order valence-electron chi connectivity index (χ3n) is 2.70. The first kappa shape index (κ1) is 11.4. The van der Waals surface area contributed by atoms with Gasteiger partial charge in [0.1, 0.15) is 18.4 Å². The van der Waals surface area contributed by atoms with Crippen LogP contribution in [0, 0.1) is 18.3 Å². The van der Waals surface area contributed by atoms with Gasteiger partial charge in [-0.05, 0) is 31.9 Å². The fourth-order valence-electron chi connectivity index (χ4n) is 1.76. The van der Waals surface area contributed by atoms with Crippen LogP contribution in [0.3, 0.4) is 0 Å². The Morgan fingerprint density at radius 2 is 2.35 bits per heavy atom. The molecule has 1 heterocycles. The van der Waals surface area contributed by atoms with Crippen LogP contribution in [0.5, 0.6) is 0 Å². The molecule has 1 aromatic heterocycles. The summed E-state index contributed by atoms with van der Waals surface area (Å²) in [5.74, 6) is -0.401. The van der Waals surface area contributed by atoms with Gasteiger partial charge in [0, 0.05) is 11.7 Å². The van der Waals surface area contributed by atoms with Gasteiger partial charge in [-0.2, -0.15) is 5.26 Å². The molecule has 0 aliphatic heterocycles. The molecular formula is C12H13N3O2. The highest BCUT2D eigenvalue weighted by Gasteiger charge is 2.32. The first-order valence-corrected chi connectivity index (χ1v) is 5.48. The van der Waals surface area contributed by atoms with Crippen LogP contribution in [0.25, 0.3) is 0 Å². The second-order valence-corrected chi connectivity index (χ2v) is 4.19. The van der Waals surface area contributed by atoms with Crippen LogP contribution < -0.4 is 4.90 Å².